The minimum Gasteiger partial charge on any atom is -0.497 e. The molecule has 7 nitrogen and oxygen atoms in total. The van der Waals surface area contributed by atoms with E-state index in [1.807, 2.05) is 37.3 Å². The monoisotopic (exact) mass is 470 g/mol. The molecule has 8 heteroatoms. The quantitative estimate of drug-likeness (QED) is 0.374. The normalized spacial score (nSPS) is 12.1. The number of hydrogen-bond donors (Lipinski definition) is 0. The van der Waals surface area contributed by atoms with Gasteiger partial charge in [-0.2, -0.15) is 0 Å². The molecule has 0 N–H and O–H groups in total. The molecule has 0 fully saturated rings. The third kappa shape index (κ3) is 4.03. The highest BCUT2D eigenvalue weighted by Crippen LogP contribution is 2.22. The molecule has 0 aliphatic rings. The molecule has 0 aliphatic heterocycles. The summed E-state index contributed by atoms with van der Waals surface area (Å²) in [5.74, 6) is 0.253. The highest BCUT2D eigenvalue weighted by atomic mass is 19.1. The van der Waals surface area contributed by atoms with Crippen molar-refractivity contribution in [2.24, 2.45) is 0 Å². The molecule has 0 amide bonds. The number of nitrogens with zero attached hydrogens (tertiary/aromatic N) is 4. The first-order valence-corrected chi connectivity index (χ1v) is 11.1. The average Bonchev–Trinajstić information content (AvgIpc) is 3.33. The van der Waals surface area contributed by atoms with Crippen LogP contribution in [0.15, 0.2) is 94.8 Å². The van der Waals surface area contributed by atoms with Crippen molar-refractivity contribution in [1.29, 1.82) is 0 Å². The zero-order chi connectivity index (χ0) is 24.5. The maximum absolute atomic E-state index is 13.7. The van der Waals surface area contributed by atoms with Crippen LogP contribution < -0.4 is 16.0 Å². The molecule has 0 aliphatic carbocycles. The van der Waals surface area contributed by atoms with Gasteiger partial charge in [-0.25, -0.2) is 18.7 Å². The molecule has 0 spiro atoms. The smallest absolute Gasteiger partial charge is 0.337 e. The zero-order valence-corrected chi connectivity index (χ0v) is 19.3. The van der Waals surface area contributed by atoms with E-state index in [-0.39, 0.29) is 18.2 Å². The summed E-state index contributed by atoms with van der Waals surface area (Å²) in [6.45, 7) is 2.03. The molecule has 5 aromatic rings. The van der Waals surface area contributed by atoms with E-state index >= 15 is 0 Å². The van der Waals surface area contributed by atoms with Crippen LogP contribution in [0.25, 0.3) is 16.9 Å². The molecule has 176 valence electrons. The van der Waals surface area contributed by atoms with Gasteiger partial charge in [0.15, 0.2) is 11.2 Å². The first-order valence-electron chi connectivity index (χ1n) is 11.1. The minimum atomic E-state index is -0.553. The Kier molecular flexibility index (Phi) is 5.78. The van der Waals surface area contributed by atoms with Crippen LogP contribution in [-0.4, -0.2) is 25.8 Å². The van der Waals surface area contributed by atoms with E-state index in [0.717, 1.165) is 11.1 Å². The van der Waals surface area contributed by atoms with E-state index in [1.165, 1.54) is 33.4 Å². The first kappa shape index (κ1) is 22.3. The molecule has 0 bridgehead atoms. The van der Waals surface area contributed by atoms with E-state index in [2.05, 4.69) is 4.98 Å². The van der Waals surface area contributed by atoms with E-state index in [4.69, 9.17) is 4.74 Å². The van der Waals surface area contributed by atoms with Crippen LogP contribution in [0.2, 0.25) is 0 Å². The second kappa shape index (κ2) is 9.06. The molecule has 5 rings (SSSR count). The van der Waals surface area contributed by atoms with E-state index in [9.17, 15) is 14.0 Å². The van der Waals surface area contributed by atoms with Crippen molar-refractivity contribution in [3.05, 3.63) is 123 Å². The number of imidazole rings is 1. The number of fused-ring (bicyclic) bond motifs is 1. The van der Waals surface area contributed by atoms with Crippen molar-refractivity contribution < 1.29 is 9.13 Å². The summed E-state index contributed by atoms with van der Waals surface area (Å²) >= 11 is 0. The molecular formula is C27H23FN4O3. The first-order chi connectivity index (χ1) is 17.0. The van der Waals surface area contributed by atoms with Gasteiger partial charge in [-0.1, -0.05) is 42.5 Å². The number of aromatic nitrogens is 4. The number of rotatable bonds is 6. The SMILES string of the molecule is COc1ccc(Cn2c(=O)c3c(ncn3[C@@H](C)c3ccccc3)n(-c3ccc(F)cc3)c2=O)cc1. The third-order valence-corrected chi connectivity index (χ3v) is 6.14. The van der Waals surface area contributed by atoms with Crippen LogP contribution in [-0.2, 0) is 6.54 Å². The standard InChI is InChI=1S/C27H23FN4O3/c1-18(20-6-4-3-5-7-20)31-17-29-25-24(31)26(33)30(16-19-8-14-23(35-2)15-9-19)27(34)32(25)22-12-10-21(28)11-13-22/h3-15,17-18H,16H2,1-2H3/t18-/m0/s1. The van der Waals surface area contributed by atoms with Crippen LogP contribution in [0.5, 0.6) is 5.75 Å². The fourth-order valence-corrected chi connectivity index (χ4v) is 4.21. The van der Waals surface area contributed by atoms with Crippen molar-refractivity contribution in [1.82, 2.24) is 18.7 Å². The Hall–Kier alpha value is -4.46. The predicted octanol–water partition coefficient (Wildman–Crippen LogP) is 4.15. The summed E-state index contributed by atoms with van der Waals surface area (Å²) < 4.78 is 23.2. The Balaban J connectivity index is 1.76. The van der Waals surface area contributed by atoms with Gasteiger partial charge in [0.05, 0.1) is 31.7 Å². The second-order valence-corrected chi connectivity index (χ2v) is 8.24. The Morgan fingerprint density at radius 1 is 0.943 bits per heavy atom. The molecule has 0 saturated carbocycles. The molecule has 0 saturated heterocycles. The van der Waals surface area contributed by atoms with Gasteiger partial charge in [-0.3, -0.25) is 9.36 Å². The van der Waals surface area contributed by atoms with Crippen LogP contribution in [0.4, 0.5) is 4.39 Å². The molecule has 0 unspecified atom stereocenters. The Bertz CT molecular complexity index is 1600. The predicted molar refractivity (Wildman–Crippen MR) is 132 cm³/mol. The molecule has 35 heavy (non-hydrogen) atoms. The Morgan fingerprint density at radius 2 is 1.63 bits per heavy atom. The fourth-order valence-electron chi connectivity index (χ4n) is 4.21. The van der Waals surface area contributed by atoms with E-state index in [0.29, 0.717) is 17.0 Å². The minimum absolute atomic E-state index is 0.0592. The Morgan fingerprint density at radius 3 is 2.29 bits per heavy atom. The fraction of sp³-hybridized carbons (Fsp3) is 0.148. The summed E-state index contributed by atoms with van der Waals surface area (Å²) in [7, 11) is 1.57. The number of hydrogen-bond acceptors (Lipinski definition) is 4. The van der Waals surface area contributed by atoms with Gasteiger partial charge in [0.25, 0.3) is 5.56 Å². The molecule has 3 aromatic carbocycles. The maximum Gasteiger partial charge on any atom is 0.337 e. The van der Waals surface area contributed by atoms with Gasteiger partial charge in [-0.05, 0) is 54.4 Å². The number of halogens is 1. The van der Waals surface area contributed by atoms with Gasteiger partial charge in [0.1, 0.15) is 11.6 Å². The Labute approximate surface area is 200 Å². The van der Waals surface area contributed by atoms with Crippen molar-refractivity contribution in [2.45, 2.75) is 19.5 Å². The molecule has 0 radical (unpaired) electrons. The maximum atomic E-state index is 13.7. The van der Waals surface area contributed by atoms with Gasteiger partial charge in [0, 0.05) is 0 Å². The molecule has 2 heterocycles. The summed E-state index contributed by atoms with van der Waals surface area (Å²) in [6.07, 6.45) is 1.57. The largest absolute Gasteiger partial charge is 0.497 e. The van der Waals surface area contributed by atoms with E-state index < -0.39 is 17.1 Å². The number of benzene rings is 3. The lowest BCUT2D eigenvalue weighted by Gasteiger charge is -2.17. The van der Waals surface area contributed by atoms with Gasteiger partial charge >= 0.3 is 5.69 Å². The van der Waals surface area contributed by atoms with Crippen LogP contribution in [0, 0.1) is 5.82 Å². The van der Waals surface area contributed by atoms with Crippen molar-refractivity contribution >= 4 is 11.2 Å². The van der Waals surface area contributed by atoms with Crippen LogP contribution in [0.1, 0.15) is 24.1 Å². The summed E-state index contributed by atoms with van der Waals surface area (Å²) in [5.41, 5.74) is 1.69. The van der Waals surface area contributed by atoms with Crippen LogP contribution >= 0.6 is 0 Å². The second-order valence-electron chi connectivity index (χ2n) is 8.24. The highest BCUT2D eigenvalue weighted by molar-refractivity contribution is 5.73. The lowest BCUT2D eigenvalue weighted by molar-refractivity contribution is 0.414. The average molecular weight is 471 g/mol. The van der Waals surface area contributed by atoms with Crippen molar-refractivity contribution in [3.63, 3.8) is 0 Å². The van der Waals surface area contributed by atoms with Crippen molar-refractivity contribution in [3.8, 4) is 11.4 Å². The van der Waals surface area contributed by atoms with Gasteiger partial charge in [0.2, 0.25) is 0 Å². The number of methoxy groups -OCH3 is 1. The van der Waals surface area contributed by atoms with Gasteiger partial charge in [-0.15, -0.1) is 0 Å². The summed E-state index contributed by atoms with van der Waals surface area (Å²) in [6, 6.07) is 22.2. The molecular weight excluding hydrogens is 447 g/mol. The van der Waals surface area contributed by atoms with Gasteiger partial charge < -0.3 is 9.30 Å². The third-order valence-electron chi connectivity index (χ3n) is 6.14. The number of ether oxygens (including phenoxy) is 1. The summed E-state index contributed by atoms with van der Waals surface area (Å²) in [4.78, 5) is 31.8. The molecule has 2 aromatic heterocycles. The van der Waals surface area contributed by atoms with Crippen LogP contribution in [0.3, 0.4) is 0 Å². The highest BCUT2D eigenvalue weighted by Gasteiger charge is 2.22. The van der Waals surface area contributed by atoms with E-state index in [1.54, 1.807) is 42.3 Å². The topological polar surface area (TPSA) is 71.1 Å². The van der Waals surface area contributed by atoms with Crippen molar-refractivity contribution in [2.75, 3.05) is 7.11 Å². The lowest BCUT2D eigenvalue weighted by Crippen LogP contribution is -2.40. The summed E-state index contributed by atoms with van der Waals surface area (Å²) in [5, 5.41) is 0. The lowest BCUT2D eigenvalue weighted by atomic mass is 10.1. The zero-order valence-electron chi connectivity index (χ0n) is 19.3. The molecule has 1 atom stereocenters.